The topological polar surface area (TPSA) is 38.3 Å². The number of ether oxygens (including phenoxy) is 1. The van der Waals surface area contributed by atoms with E-state index in [2.05, 4.69) is 53.1 Å². The molecule has 1 N–H and O–H groups in total. The molecule has 0 radical (unpaired) electrons. The van der Waals surface area contributed by atoms with Gasteiger partial charge in [-0.05, 0) is 35.0 Å². The Morgan fingerprint density at radius 2 is 1.52 bits per heavy atom. The van der Waals surface area contributed by atoms with Crippen molar-refractivity contribution in [2.24, 2.45) is 0 Å². The van der Waals surface area contributed by atoms with Crippen molar-refractivity contribution in [1.29, 1.82) is 0 Å². The highest BCUT2D eigenvalue weighted by molar-refractivity contribution is 9.39. The SMILES string of the molecule is O=C(NC(Oc1ccc2ccccc2c1)C(Br)(Br)Br)c1ccccc1. The summed E-state index contributed by atoms with van der Waals surface area (Å²) in [6, 6.07) is 22.8. The second-order valence-electron chi connectivity index (χ2n) is 5.39. The first-order valence-corrected chi connectivity index (χ1v) is 9.89. The van der Waals surface area contributed by atoms with Gasteiger partial charge in [-0.2, -0.15) is 0 Å². The van der Waals surface area contributed by atoms with Crippen molar-refractivity contribution in [3.05, 3.63) is 78.4 Å². The highest BCUT2D eigenvalue weighted by Crippen LogP contribution is 2.38. The first kappa shape index (κ1) is 18.4. The molecular weight excluding hydrogens is 514 g/mol. The third-order valence-corrected chi connectivity index (χ3v) is 4.82. The van der Waals surface area contributed by atoms with Crippen LogP contribution in [0.1, 0.15) is 10.4 Å². The lowest BCUT2D eigenvalue weighted by molar-refractivity contribution is 0.0845. The average Bonchev–Trinajstić information content (AvgIpc) is 2.61. The Balaban J connectivity index is 1.82. The van der Waals surface area contributed by atoms with Gasteiger partial charge in [0.15, 0.2) is 2.14 Å². The van der Waals surface area contributed by atoms with Crippen LogP contribution >= 0.6 is 47.8 Å². The van der Waals surface area contributed by atoms with Crippen LogP contribution in [0.4, 0.5) is 0 Å². The molecule has 128 valence electrons. The van der Waals surface area contributed by atoms with E-state index in [-0.39, 0.29) is 5.91 Å². The van der Waals surface area contributed by atoms with Crippen molar-refractivity contribution < 1.29 is 9.53 Å². The molecule has 3 nitrogen and oxygen atoms in total. The van der Waals surface area contributed by atoms with E-state index in [4.69, 9.17) is 4.74 Å². The fourth-order valence-electron chi connectivity index (χ4n) is 2.35. The van der Waals surface area contributed by atoms with Crippen molar-refractivity contribution in [3.63, 3.8) is 0 Å². The Morgan fingerprint density at radius 1 is 0.880 bits per heavy atom. The normalized spacial score (nSPS) is 12.6. The van der Waals surface area contributed by atoms with Gasteiger partial charge >= 0.3 is 0 Å². The Bertz CT molecular complexity index is 878. The molecule has 0 fully saturated rings. The van der Waals surface area contributed by atoms with Gasteiger partial charge in [-0.3, -0.25) is 4.79 Å². The van der Waals surface area contributed by atoms with E-state index in [0.29, 0.717) is 11.3 Å². The van der Waals surface area contributed by atoms with Gasteiger partial charge in [-0.1, -0.05) is 96.3 Å². The van der Waals surface area contributed by atoms with Crippen LogP contribution in [0, 0.1) is 0 Å². The fraction of sp³-hybridized carbons (Fsp3) is 0.105. The number of benzene rings is 3. The zero-order valence-corrected chi connectivity index (χ0v) is 17.7. The zero-order valence-electron chi connectivity index (χ0n) is 13.0. The quantitative estimate of drug-likeness (QED) is 0.343. The molecule has 3 aromatic carbocycles. The number of fused-ring (bicyclic) bond motifs is 1. The Hall–Kier alpha value is -1.37. The van der Waals surface area contributed by atoms with Crippen LogP contribution in [0.2, 0.25) is 0 Å². The molecule has 3 rings (SSSR count). The third kappa shape index (κ3) is 4.84. The van der Waals surface area contributed by atoms with Gasteiger partial charge in [0, 0.05) is 5.56 Å². The lowest BCUT2D eigenvalue weighted by atomic mass is 10.1. The van der Waals surface area contributed by atoms with Gasteiger partial charge in [0.05, 0.1) is 0 Å². The number of alkyl halides is 3. The van der Waals surface area contributed by atoms with Crippen LogP contribution < -0.4 is 10.1 Å². The summed E-state index contributed by atoms with van der Waals surface area (Å²) in [5, 5.41) is 5.06. The van der Waals surface area contributed by atoms with Gasteiger partial charge in [0.25, 0.3) is 5.91 Å². The van der Waals surface area contributed by atoms with Crippen molar-refractivity contribution in [2.75, 3.05) is 0 Å². The molecule has 0 saturated heterocycles. The monoisotopic (exact) mass is 525 g/mol. The molecule has 0 bridgehead atoms. The molecule has 1 unspecified atom stereocenters. The van der Waals surface area contributed by atoms with E-state index in [1.165, 1.54) is 0 Å². The van der Waals surface area contributed by atoms with Gasteiger partial charge in [0.1, 0.15) is 5.75 Å². The number of nitrogens with one attached hydrogen (secondary N) is 1. The van der Waals surface area contributed by atoms with Gasteiger partial charge in [-0.25, -0.2) is 0 Å². The van der Waals surface area contributed by atoms with E-state index < -0.39 is 8.37 Å². The second-order valence-corrected chi connectivity index (χ2v) is 12.3. The molecule has 0 aliphatic carbocycles. The van der Waals surface area contributed by atoms with Crippen molar-refractivity contribution >= 4 is 64.5 Å². The lowest BCUT2D eigenvalue weighted by Gasteiger charge is -2.27. The molecule has 1 atom stereocenters. The highest BCUT2D eigenvalue weighted by atomic mass is 80.0. The summed E-state index contributed by atoms with van der Waals surface area (Å²) in [5.74, 6) is 0.425. The van der Waals surface area contributed by atoms with Gasteiger partial charge in [0.2, 0.25) is 6.23 Å². The maximum Gasteiger partial charge on any atom is 0.254 e. The summed E-state index contributed by atoms with van der Waals surface area (Å²) in [4.78, 5) is 12.5. The predicted molar refractivity (Wildman–Crippen MR) is 112 cm³/mol. The summed E-state index contributed by atoms with van der Waals surface area (Å²) < 4.78 is 5.19. The van der Waals surface area contributed by atoms with E-state index in [9.17, 15) is 4.79 Å². The number of hydrogen-bond donors (Lipinski definition) is 1. The van der Waals surface area contributed by atoms with E-state index in [0.717, 1.165) is 10.8 Å². The summed E-state index contributed by atoms with van der Waals surface area (Å²) in [6.07, 6.45) is -0.693. The van der Waals surface area contributed by atoms with E-state index in [1.807, 2.05) is 60.7 Å². The Kier molecular flexibility index (Phi) is 5.81. The Morgan fingerprint density at radius 3 is 2.20 bits per heavy atom. The number of carbonyl (C=O) groups excluding carboxylic acids is 1. The standard InChI is InChI=1S/C19H14Br3NO2/c20-19(21,22)18(23-17(24)14-7-2-1-3-8-14)25-16-11-10-13-6-4-5-9-15(13)12-16/h1-12,18H,(H,23,24). The molecule has 0 aliphatic heterocycles. The molecule has 0 heterocycles. The summed E-state index contributed by atoms with van der Waals surface area (Å²) in [7, 11) is 0. The smallest absolute Gasteiger partial charge is 0.254 e. The molecule has 0 aromatic heterocycles. The van der Waals surface area contributed by atoms with E-state index >= 15 is 0 Å². The van der Waals surface area contributed by atoms with Crippen LogP contribution in [0.5, 0.6) is 5.75 Å². The highest BCUT2D eigenvalue weighted by Gasteiger charge is 2.34. The van der Waals surface area contributed by atoms with Gasteiger partial charge in [-0.15, -0.1) is 0 Å². The van der Waals surface area contributed by atoms with Crippen molar-refractivity contribution in [2.45, 2.75) is 8.37 Å². The maximum absolute atomic E-state index is 12.5. The predicted octanol–water partition coefficient (Wildman–Crippen LogP) is 5.81. The first-order chi connectivity index (χ1) is 11.9. The zero-order chi connectivity index (χ0) is 17.9. The van der Waals surface area contributed by atoms with Gasteiger partial charge < -0.3 is 10.1 Å². The lowest BCUT2D eigenvalue weighted by Crippen LogP contribution is -2.47. The van der Waals surface area contributed by atoms with Crippen LogP contribution in [-0.4, -0.2) is 14.3 Å². The number of carbonyl (C=O) groups is 1. The molecule has 1 amide bonds. The van der Waals surface area contributed by atoms with E-state index in [1.54, 1.807) is 12.1 Å². The van der Waals surface area contributed by atoms with Crippen LogP contribution in [0.25, 0.3) is 10.8 Å². The first-order valence-electron chi connectivity index (χ1n) is 7.51. The molecule has 0 spiro atoms. The maximum atomic E-state index is 12.5. The molecule has 0 aliphatic rings. The molecule has 6 heteroatoms. The summed E-state index contributed by atoms with van der Waals surface area (Å²) in [6.45, 7) is 0. The minimum Gasteiger partial charge on any atom is -0.467 e. The average molecular weight is 528 g/mol. The molecule has 3 aromatic rings. The minimum atomic E-state index is -0.816. The number of hydrogen-bond acceptors (Lipinski definition) is 2. The van der Waals surface area contributed by atoms with Crippen LogP contribution in [0.3, 0.4) is 0 Å². The second kappa shape index (κ2) is 7.89. The molecular formula is C19H14Br3NO2. The number of halogens is 3. The van der Waals surface area contributed by atoms with Crippen LogP contribution in [0.15, 0.2) is 72.8 Å². The van der Waals surface area contributed by atoms with Crippen molar-refractivity contribution in [1.82, 2.24) is 5.32 Å². The molecule has 25 heavy (non-hydrogen) atoms. The number of rotatable bonds is 4. The summed E-state index contributed by atoms with van der Waals surface area (Å²) >= 11 is 10.3. The molecule has 0 saturated carbocycles. The third-order valence-electron chi connectivity index (χ3n) is 3.57. The minimum absolute atomic E-state index is 0.228. The van der Waals surface area contributed by atoms with Crippen molar-refractivity contribution in [3.8, 4) is 5.75 Å². The largest absolute Gasteiger partial charge is 0.467 e. The number of amides is 1. The Labute approximate surface area is 171 Å². The van der Waals surface area contributed by atoms with Crippen LogP contribution in [-0.2, 0) is 0 Å². The summed E-state index contributed by atoms with van der Waals surface area (Å²) in [5.41, 5.74) is 0.561. The fourth-order valence-corrected chi connectivity index (χ4v) is 2.97.